The number of aryl methyl sites for hydroxylation is 1. The largest absolute Gasteiger partial charge is 0.287 e. The van der Waals surface area contributed by atoms with E-state index in [2.05, 4.69) is 5.10 Å². The number of hydrogen-bond acceptors (Lipinski definition) is 3. The van der Waals surface area contributed by atoms with Crippen LogP contribution in [0.5, 0.6) is 0 Å². The first-order chi connectivity index (χ1) is 5.65. The molecule has 64 valence electrons. The van der Waals surface area contributed by atoms with Gasteiger partial charge in [-0.25, -0.2) is 4.68 Å². The van der Waals surface area contributed by atoms with Crippen LogP contribution in [-0.4, -0.2) is 15.6 Å². The molecule has 0 aromatic carbocycles. The molecular weight excluding hydrogens is 152 g/mol. The third-order valence-electron chi connectivity index (χ3n) is 1.57. The molecule has 0 aliphatic rings. The van der Waals surface area contributed by atoms with Crippen LogP contribution in [0.25, 0.3) is 0 Å². The van der Waals surface area contributed by atoms with Crippen molar-refractivity contribution >= 4 is 5.84 Å². The van der Waals surface area contributed by atoms with E-state index in [4.69, 9.17) is 10.8 Å². The molecule has 1 heterocycles. The highest BCUT2D eigenvalue weighted by Gasteiger charge is 1.97. The van der Waals surface area contributed by atoms with Gasteiger partial charge in [-0.05, 0) is 25.5 Å². The molecular formula is C8H12N4. The van der Waals surface area contributed by atoms with Gasteiger partial charge in [-0.15, -0.1) is 0 Å². The van der Waals surface area contributed by atoms with E-state index in [-0.39, 0.29) is 11.3 Å². The Kier molecular flexibility index (Phi) is 2.38. The lowest BCUT2D eigenvalue weighted by Gasteiger charge is -2.03. The maximum absolute atomic E-state index is 7.43. The van der Waals surface area contributed by atoms with Gasteiger partial charge in [0.2, 0.25) is 0 Å². The van der Waals surface area contributed by atoms with Crippen molar-refractivity contribution < 1.29 is 0 Å². The molecule has 0 saturated heterocycles. The molecule has 4 nitrogen and oxygen atoms in total. The third-order valence-corrected chi connectivity index (χ3v) is 1.57. The maximum atomic E-state index is 7.43. The van der Waals surface area contributed by atoms with Gasteiger partial charge in [0.25, 0.3) is 0 Å². The van der Waals surface area contributed by atoms with Crippen molar-refractivity contribution in [1.82, 2.24) is 9.78 Å². The minimum absolute atomic E-state index is 0.250. The molecule has 4 heteroatoms. The van der Waals surface area contributed by atoms with Crippen molar-refractivity contribution in [3.05, 3.63) is 23.3 Å². The first-order valence-electron chi connectivity index (χ1n) is 3.84. The Bertz CT molecular complexity index is 350. The average Bonchev–Trinajstić information content (AvgIpc) is 2.05. The fourth-order valence-corrected chi connectivity index (χ4v) is 0.906. The minimum Gasteiger partial charge on any atom is -0.287 e. The Balaban J connectivity index is 3.26. The van der Waals surface area contributed by atoms with Gasteiger partial charge in [-0.2, -0.15) is 5.10 Å². The average molecular weight is 164 g/mol. The van der Waals surface area contributed by atoms with Crippen LogP contribution in [-0.2, 0) is 6.42 Å². The van der Waals surface area contributed by atoms with E-state index in [0.29, 0.717) is 0 Å². The predicted octanol–water partition coefficient (Wildman–Crippen LogP) is 0.770. The smallest absolute Gasteiger partial charge is 0.148 e. The molecule has 0 atom stereocenters. The number of nitrogens with one attached hydrogen (secondary N) is 2. The van der Waals surface area contributed by atoms with Crippen molar-refractivity contribution in [1.29, 1.82) is 10.8 Å². The van der Waals surface area contributed by atoms with E-state index < -0.39 is 0 Å². The summed E-state index contributed by atoms with van der Waals surface area (Å²) in [5, 5.41) is 18.9. The molecule has 0 unspecified atom stereocenters. The first-order valence-corrected chi connectivity index (χ1v) is 3.84. The normalized spacial score (nSPS) is 9.83. The molecule has 1 aromatic heterocycles. The number of aromatic nitrogens is 2. The van der Waals surface area contributed by atoms with Gasteiger partial charge in [0, 0.05) is 0 Å². The van der Waals surface area contributed by atoms with Crippen molar-refractivity contribution in [3.8, 4) is 0 Å². The highest BCUT2D eigenvalue weighted by molar-refractivity contribution is 5.77. The maximum Gasteiger partial charge on any atom is 0.148 e. The summed E-state index contributed by atoms with van der Waals surface area (Å²) < 4.78 is 1.32. The fraction of sp³-hybridized carbons (Fsp3) is 0.375. The van der Waals surface area contributed by atoms with Gasteiger partial charge in [-0.3, -0.25) is 10.8 Å². The summed E-state index contributed by atoms with van der Waals surface area (Å²) in [5.74, 6) is 0.273. The predicted molar refractivity (Wildman–Crippen MR) is 46.3 cm³/mol. The van der Waals surface area contributed by atoms with Crippen LogP contribution >= 0.6 is 0 Å². The molecule has 0 bridgehead atoms. The summed E-state index contributed by atoms with van der Waals surface area (Å²) in [7, 11) is 0. The standard InChI is InChI=1S/C8H12N4/c1-3-7-4-5-8(10)12(11-7)6(2)9/h4-5,9-10H,3H2,1-2H3. The van der Waals surface area contributed by atoms with Gasteiger partial charge in [0.15, 0.2) is 0 Å². The van der Waals surface area contributed by atoms with Crippen LogP contribution in [0.2, 0.25) is 0 Å². The van der Waals surface area contributed by atoms with Crippen LogP contribution in [0.1, 0.15) is 19.5 Å². The third kappa shape index (κ3) is 1.58. The Morgan fingerprint density at radius 1 is 1.58 bits per heavy atom. The summed E-state index contributed by atoms with van der Waals surface area (Å²) >= 11 is 0. The Morgan fingerprint density at radius 3 is 2.75 bits per heavy atom. The molecule has 0 spiro atoms. The lowest BCUT2D eigenvalue weighted by Crippen LogP contribution is -2.27. The second-order valence-electron chi connectivity index (χ2n) is 2.56. The van der Waals surface area contributed by atoms with Gasteiger partial charge in [0.05, 0.1) is 5.69 Å². The molecule has 2 N–H and O–H groups in total. The topological polar surface area (TPSA) is 65.5 Å². The van der Waals surface area contributed by atoms with E-state index in [9.17, 15) is 0 Å². The minimum atomic E-state index is 0.250. The highest BCUT2D eigenvalue weighted by atomic mass is 15.3. The summed E-state index contributed by atoms with van der Waals surface area (Å²) in [4.78, 5) is 0. The Morgan fingerprint density at radius 2 is 2.25 bits per heavy atom. The molecule has 1 rings (SSSR count). The highest BCUT2D eigenvalue weighted by Crippen LogP contribution is 1.90. The summed E-state index contributed by atoms with van der Waals surface area (Å²) in [6, 6.07) is 3.46. The number of hydrogen-bond donors (Lipinski definition) is 2. The van der Waals surface area contributed by atoms with Gasteiger partial charge < -0.3 is 0 Å². The van der Waals surface area contributed by atoms with Crippen LogP contribution in [0.4, 0.5) is 0 Å². The monoisotopic (exact) mass is 164 g/mol. The van der Waals surface area contributed by atoms with Crippen LogP contribution in [0.15, 0.2) is 12.1 Å². The van der Waals surface area contributed by atoms with Gasteiger partial charge in [-0.1, -0.05) is 6.92 Å². The summed E-state index contributed by atoms with van der Waals surface area (Å²) in [6.07, 6.45) is 0.827. The second kappa shape index (κ2) is 3.30. The van der Waals surface area contributed by atoms with E-state index in [1.165, 1.54) is 4.68 Å². The molecule has 0 radical (unpaired) electrons. The lowest BCUT2D eigenvalue weighted by atomic mass is 10.3. The lowest BCUT2D eigenvalue weighted by molar-refractivity contribution is 0.767. The Hall–Kier alpha value is -1.45. The van der Waals surface area contributed by atoms with Crippen molar-refractivity contribution in [3.63, 3.8) is 0 Å². The SMILES string of the molecule is CCc1ccc(=N)n(C(C)=N)n1. The molecule has 12 heavy (non-hydrogen) atoms. The fourth-order valence-electron chi connectivity index (χ4n) is 0.906. The summed E-state index contributed by atoms with van der Waals surface area (Å²) in [6.45, 7) is 3.61. The molecule has 0 saturated carbocycles. The van der Waals surface area contributed by atoms with E-state index >= 15 is 0 Å². The second-order valence-corrected chi connectivity index (χ2v) is 2.56. The number of rotatable bonds is 1. The van der Waals surface area contributed by atoms with Crippen molar-refractivity contribution in [2.75, 3.05) is 0 Å². The van der Waals surface area contributed by atoms with E-state index in [1.54, 1.807) is 13.0 Å². The molecule has 0 fully saturated rings. The summed E-state index contributed by atoms with van der Waals surface area (Å²) in [5.41, 5.74) is 1.15. The van der Waals surface area contributed by atoms with Gasteiger partial charge in [0.1, 0.15) is 11.3 Å². The zero-order chi connectivity index (χ0) is 9.14. The molecule has 0 aliphatic heterocycles. The zero-order valence-corrected chi connectivity index (χ0v) is 7.26. The molecule has 1 aromatic rings. The van der Waals surface area contributed by atoms with Crippen LogP contribution in [0.3, 0.4) is 0 Å². The quantitative estimate of drug-likeness (QED) is 0.467. The van der Waals surface area contributed by atoms with E-state index in [1.807, 2.05) is 13.0 Å². The van der Waals surface area contributed by atoms with E-state index in [0.717, 1.165) is 12.1 Å². The zero-order valence-electron chi connectivity index (χ0n) is 7.26. The molecule has 0 aliphatic carbocycles. The van der Waals surface area contributed by atoms with Crippen molar-refractivity contribution in [2.24, 2.45) is 0 Å². The van der Waals surface area contributed by atoms with Crippen molar-refractivity contribution in [2.45, 2.75) is 20.3 Å². The Labute approximate surface area is 70.9 Å². The van der Waals surface area contributed by atoms with Crippen LogP contribution < -0.4 is 5.49 Å². The van der Waals surface area contributed by atoms with Crippen LogP contribution in [0, 0.1) is 10.8 Å². The van der Waals surface area contributed by atoms with Gasteiger partial charge >= 0.3 is 0 Å². The first kappa shape index (κ1) is 8.64. The molecule has 0 amide bonds. The number of nitrogens with zero attached hydrogens (tertiary/aromatic N) is 2.